The average Bonchev–Trinajstić information content (AvgIpc) is 2.98. The summed E-state index contributed by atoms with van der Waals surface area (Å²) in [6.45, 7) is 2.35. The van der Waals surface area contributed by atoms with Gasteiger partial charge in [-0.2, -0.15) is 13.2 Å². The van der Waals surface area contributed by atoms with Crippen LogP contribution in [0.3, 0.4) is 0 Å². The smallest absolute Gasteiger partial charge is 0.422 e. The summed E-state index contributed by atoms with van der Waals surface area (Å²) in [5.74, 6) is -1.97. The lowest BCUT2D eigenvalue weighted by Crippen LogP contribution is -2.40. The Labute approximate surface area is 142 Å². The van der Waals surface area contributed by atoms with Crippen molar-refractivity contribution in [1.82, 2.24) is 9.88 Å². The van der Waals surface area contributed by atoms with Crippen molar-refractivity contribution in [3.05, 3.63) is 23.9 Å². The van der Waals surface area contributed by atoms with Crippen molar-refractivity contribution < 1.29 is 32.6 Å². The topological polar surface area (TPSA) is 79.7 Å². The molecule has 0 saturated carbocycles. The minimum atomic E-state index is -4.50. The molecule has 1 aromatic heterocycles. The second-order valence-electron chi connectivity index (χ2n) is 6.36. The normalized spacial score (nSPS) is 20.8. The molecular weight excluding hydrogens is 341 g/mol. The monoisotopic (exact) mass is 360 g/mol. The number of likely N-dealkylation sites (tertiary alicyclic amines) is 1. The van der Waals surface area contributed by atoms with E-state index in [1.165, 1.54) is 23.1 Å². The summed E-state index contributed by atoms with van der Waals surface area (Å²) in [4.78, 5) is 29.3. The number of rotatable bonds is 5. The maximum Gasteiger partial charge on any atom is 0.422 e. The summed E-state index contributed by atoms with van der Waals surface area (Å²) >= 11 is 0. The lowest BCUT2D eigenvalue weighted by atomic mass is 9.76. The zero-order valence-electron chi connectivity index (χ0n) is 13.8. The Bertz CT molecular complexity index is 663. The number of halogens is 3. The molecule has 0 bridgehead atoms. The van der Waals surface area contributed by atoms with Gasteiger partial charge in [-0.3, -0.25) is 9.59 Å². The maximum atomic E-state index is 12.5. The third kappa shape index (κ3) is 4.21. The van der Waals surface area contributed by atoms with Crippen molar-refractivity contribution in [2.24, 2.45) is 11.3 Å². The molecule has 0 aromatic carbocycles. The number of carboxylic acid groups (broad SMARTS) is 1. The fraction of sp³-hybridized carbons (Fsp3) is 0.562. The molecule has 1 aromatic rings. The van der Waals surface area contributed by atoms with E-state index in [0.717, 1.165) is 0 Å². The van der Waals surface area contributed by atoms with Crippen LogP contribution in [0.25, 0.3) is 0 Å². The molecule has 0 aliphatic carbocycles. The molecule has 0 radical (unpaired) electrons. The van der Waals surface area contributed by atoms with Gasteiger partial charge in [0.1, 0.15) is 5.69 Å². The van der Waals surface area contributed by atoms with Gasteiger partial charge in [0.2, 0.25) is 5.88 Å². The minimum Gasteiger partial charge on any atom is -0.481 e. The molecule has 1 unspecified atom stereocenters. The number of hydrogen-bond acceptors (Lipinski definition) is 4. The van der Waals surface area contributed by atoms with Gasteiger partial charge in [0, 0.05) is 19.2 Å². The lowest BCUT2D eigenvalue weighted by molar-refractivity contribution is -0.154. The van der Waals surface area contributed by atoms with E-state index < -0.39 is 30.1 Å². The molecule has 1 saturated heterocycles. The molecule has 2 heterocycles. The van der Waals surface area contributed by atoms with E-state index in [1.807, 2.05) is 0 Å². The fourth-order valence-electron chi connectivity index (χ4n) is 2.83. The van der Waals surface area contributed by atoms with Gasteiger partial charge in [-0.25, -0.2) is 4.98 Å². The second kappa shape index (κ2) is 6.89. The summed E-state index contributed by atoms with van der Waals surface area (Å²) in [6, 6.07) is 3.95. The van der Waals surface area contributed by atoms with Crippen molar-refractivity contribution in [1.29, 1.82) is 0 Å². The Morgan fingerprint density at radius 3 is 2.60 bits per heavy atom. The highest BCUT2D eigenvalue weighted by molar-refractivity contribution is 5.93. The molecule has 1 fully saturated rings. The Morgan fingerprint density at radius 2 is 2.08 bits per heavy atom. The van der Waals surface area contributed by atoms with Gasteiger partial charge in [0.05, 0.1) is 5.41 Å². The van der Waals surface area contributed by atoms with E-state index in [0.29, 0.717) is 6.42 Å². The number of hydrogen-bond donors (Lipinski definition) is 1. The first-order valence-electron chi connectivity index (χ1n) is 7.74. The zero-order valence-corrected chi connectivity index (χ0v) is 13.8. The molecule has 1 aliphatic heterocycles. The van der Waals surface area contributed by atoms with E-state index in [-0.39, 0.29) is 30.6 Å². The molecule has 138 valence electrons. The number of aliphatic carboxylic acids is 1. The Morgan fingerprint density at radius 1 is 1.40 bits per heavy atom. The fourth-order valence-corrected chi connectivity index (χ4v) is 2.83. The molecule has 1 N–H and O–H groups in total. The predicted molar refractivity (Wildman–Crippen MR) is 81.2 cm³/mol. The predicted octanol–water partition coefficient (Wildman–Crippen LogP) is 2.60. The number of aromatic nitrogens is 1. The molecule has 1 atom stereocenters. The van der Waals surface area contributed by atoms with Crippen molar-refractivity contribution in [3.8, 4) is 5.88 Å². The van der Waals surface area contributed by atoms with Crippen LogP contribution in [0, 0.1) is 11.3 Å². The van der Waals surface area contributed by atoms with Crippen LogP contribution in [0.5, 0.6) is 5.88 Å². The SMILES string of the molecule is CC(C)C1(C(=O)O)CCN(C(=O)c2cccc(OCC(F)(F)F)n2)C1. The van der Waals surface area contributed by atoms with Crippen LogP contribution in [0.4, 0.5) is 13.2 Å². The van der Waals surface area contributed by atoms with Crippen LogP contribution < -0.4 is 4.74 Å². The van der Waals surface area contributed by atoms with Gasteiger partial charge in [0.25, 0.3) is 5.91 Å². The van der Waals surface area contributed by atoms with E-state index in [1.54, 1.807) is 13.8 Å². The van der Waals surface area contributed by atoms with Crippen LogP contribution in [-0.4, -0.2) is 52.7 Å². The third-order valence-electron chi connectivity index (χ3n) is 4.45. The van der Waals surface area contributed by atoms with Gasteiger partial charge in [0.15, 0.2) is 6.61 Å². The first-order valence-corrected chi connectivity index (χ1v) is 7.74. The first-order chi connectivity index (χ1) is 11.5. The van der Waals surface area contributed by atoms with E-state index in [2.05, 4.69) is 9.72 Å². The molecule has 0 spiro atoms. The van der Waals surface area contributed by atoms with Gasteiger partial charge < -0.3 is 14.7 Å². The largest absolute Gasteiger partial charge is 0.481 e. The molecule has 2 rings (SSSR count). The van der Waals surface area contributed by atoms with Crippen LogP contribution in [-0.2, 0) is 4.79 Å². The lowest BCUT2D eigenvalue weighted by Gasteiger charge is -2.28. The molecule has 25 heavy (non-hydrogen) atoms. The number of nitrogens with zero attached hydrogens (tertiary/aromatic N) is 2. The van der Waals surface area contributed by atoms with E-state index >= 15 is 0 Å². The van der Waals surface area contributed by atoms with Crippen LogP contribution >= 0.6 is 0 Å². The van der Waals surface area contributed by atoms with Crippen molar-refractivity contribution in [2.45, 2.75) is 26.4 Å². The molecule has 9 heteroatoms. The van der Waals surface area contributed by atoms with Gasteiger partial charge in [-0.15, -0.1) is 0 Å². The molecule has 6 nitrogen and oxygen atoms in total. The Hall–Kier alpha value is -2.32. The number of carbonyl (C=O) groups is 2. The van der Waals surface area contributed by atoms with Gasteiger partial charge in [-0.1, -0.05) is 19.9 Å². The highest BCUT2D eigenvalue weighted by atomic mass is 19.4. The number of pyridine rings is 1. The summed E-state index contributed by atoms with van der Waals surface area (Å²) in [5.41, 5.74) is -1.11. The first kappa shape index (κ1) is 19.0. The number of amides is 1. The van der Waals surface area contributed by atoms with Gasteiger partial charge in [-0.05, 0) is 18.4 Å². The quantitative estimate of drug-likeness (QED) is 0.873. The third-order valence-corrected chi connectivity index (χ3v) is 4.45. The van der Waals surface area contributed by atoms with Crippen LogP contribution in [0.1, 0.15) is 30.8 Å². The number of alkyl halides is 3. The minimum absolute atomic E-state index is 0.0359. The summed E-state index contributed by atoms with van der Waals surface area (Å²) in [5, 5.41) is 9.51. The number of carboxylic acids is 1. The van der Waals surface area contributed by atoms with Crippen molar-refractivity contribution in [2.75, 3.05) is 19.7 Å². The van der Waals surface area contributed by atoms with Gasteiger partial charge >= 0.3 is 12.1 Å². The highest BCUT2D eigenvalue weighted by Gasteiger charge is 2.48. The zero-order chi connectivity index (χ0) is 18.8. The second-order valence-corrected chi connectivity index (χ2v) is 6.36. The van der Waals surface area contributed by atoms with Crippen LogP contribution in [0.15, 0.2) is 18.2 Å². The summed E-state index contributed by atoms with van der Waals surface area (Å²) in [7, 11) is 0. The standard InChI is InChI=1S/C16H19F3N2O4/c1-10(2)15(14(23)24)6-7-21(8-15)13(22)11-4-3-5-12(20-11)25-9-16(17,18)19/h3-5,10H,6-9H2,1-2H3,(H,23,24). The Kier molecular flexibility index (Phi) is 5.24. The number of ether oxygens (including phenoxy) is 1. The van der Waals surface area contributed by atoms with Crippen molar-refractivity contribution in [3.63, 3.8) is 0 Å². The highest BCUT2D eigenvalue weighted by Crippen LogP contribution is 2.38. The average molecular weight is 360 g/mol. The van der Waals surface area contributed by atoms with E-state index in [9.17, 15) is 27.9 Å². The molecular formula is C16H19F3N2O4. The summed E-state index contributed by atoms with van der Waals surface area (Å²) in [6.07, 6.45) is -4.19. The van der Waals surface area contributed by atoms with E-state index in [4.69, 9.17) is 0 Å². The van der Waals surface area contributed by atoms with Crippen molar-refractivity contribution >= 4 is 11.9 Å². The maximum absolute atomic E-state index is 12.5. The Balaban J connectivity index is 2.12. The number of carbonyl (C=O) groups excluding carboxylic acids is 1. The summed E-state index contributed by atoms with van der Waals surface area (Å²) < 4.78 is 41.1. The van der Waals surface area contributed by atoms with Crippen LogP contribution in [0.2, 0.25) is 0 Å². The molecule has 1 aliphatic rings. The molecule has 1 amide bonds.